The largest absolute Gasteiger partial charge is 0.497 e. The van der Waals surface area contributed by atoms with E-state index in [1.54, 1.807) is 24.1 Å². The van der Waals surface area contributed by atoms with Crippen molar-refractivity contribution in [2.24, 2.45) is 5.92 Å². The van der Waals surface area contributed by atoms with E-state index in [4.69, 9.17) is 4.74 Å². The maximum atomic E-state index is 13.4. The highest BCUT2D eigenvalue weighted by atomic mass is 16.5. The van der Waals surface area contributed by atoms with E-state index in [1.807, 2.05) is 51.1 Å². The van der Waals surface area contributed by atoms with Gasteiger partial charge in [-0.1, -0.05) is 31.5 Å². The van der Waals surface area contributed by atoms with Gasteiger partial charge in [0, 0.05) is 17.8 Å². The maximum Gasteiger partial charge on any atom is 0.251 e. The normalized spacial score (nSPS) is 14.4. The lowest BCUT2D eigenvalue weighted by Crippen LogP contribution is -2.52. The van der Waals surface area contributed by atoms with Crippen LogP contribution in [0.15, 0.2) is 42.5 Å². The average Bonchev–Trinajstić information content (AvgIpc) is 2.70. The molecule has 0 spiro atoms. The van der Waals surface area contributed by atoms with Gasteiger partial charge in [-0.3, -0.25) is 9.59 Å². The third-order valence-corrected chi connectivity index (χ3v) is 5.20. The molecule has 1 atom stereocenters. The Hall–Kier alpha value is -2.82. The molecule has 0 unspecified atom stereocenters. The molecule has 2 aromatic carbocycles. The van der Waals surface area contributed by atoms with Gasteiger partial charge in [-0.2, -0.15) is 0 Å². The van der Waals surface area contributed by atoms with E-state index in [2.05, 4.69) is 5.32 Å². The number of carbonyl (C=O) groups is 2. The number of nitrogens with one attached hydrogen (secondary N) is 1. The smallest absolute Gasteiger partial charge is 0.251 e. The molecule has 0 saturated heterocycles. The molecule has 1 N–H and O–H groups in total. The van der Waals surface area contributed by atoms with Crippen molar-refractivity contribution in [2.45, 2.75) is 39.7 Å². The minimum Gasteiger partial charge on any atom is -0.497 e. The minimum absolute atomic E-state index is 0.0227. The molecular formula is C23H28N2O3. The summed E-state index contributed by atoms with van der Waals surface area (Å²) < 4.78 is 5.31. The molecule has 148 valence electrons. The van der Waals surface area contributed by atoms with Crippen LogP contribution in [0.1, 0.15) is 41.8 Å². The number of hydrogen-bond acceptors (Lipinski definition) is 3. The molecule has 0 bridgehead atoms. The Bertz CT molecular complexity index is 859. The number of amides is 2. The standard InChI is InChI=1S/C23H28N2O3/c1-15(2)21(24-22(26)17-9-7-16(3)8-10-17)23(27)25-13-5-6-18-14-19(28-4)11-12-20(18)25/h7-12,14-15,21H,5-6,13H2,1-4H3,(H,24,26)/t21-/m0/s1. The number of aryl methyl sites for hydroxylation is 2. The molecule has 0 aromatic heterocycles. The Morgan fingerprint density at radius 3 is 2.46 bits per heavy atom. The van der Waals surface area contributed by atoms with Crippen LogP contribution in [0.3, 0.4) is 0 Å². The molecule has 1 aliphatic rings. The number of carbonyl (C=O) groups excluding carboxylic acids is 2. The van der Waals surface area contributed by atoms with Crippen LogP contribution in [0, 0.1) is 12.8 Å². The van der Waals surface area contributed by atoms with Crippen LogP contribution in [0.4, 0.5) is 5.69 Å². The van der Waals surface area contributed by atoms with Gasteiger partial charge in [0.05, 0.1) is 7.11 Å². The molecule has 5 nitrogen and oxygen atoms in total. The van der Waals surface area contributed by atoms with Crippen LogP contribution in [0.2, 0.25) is 0 Å². The van der Waals surface area contributed by atoms with Crippen LogP contribution in [0.25, 0.3) is 0 Å². The fourth-order valence-corrected chi connectivity index (χ4v) is 3.54. The third-order valence-electron chi connectivity index (χ3n) is 5.20. The lowest BCUT2D eigenvalue weighted by Gasteiger charge is -2.34. The first-order valence-corrected chi connectivity index (χ1v) is 9.76. The van der Waals surface area contributed by atoms with Crippen molar-refractivity contribution in [1.82, 2.24) is 5.32 Å². The van der Waals surface area contributed by atoms with Crippen molar-refractivity contribution in [1.29, 1.82) is 0 Å². The van der Waals surface area contributed by atoms with Crippen LogP contribution < -0.4 is 15.0 Å². The second kappa shape index (κ2) is 8.46. The quantitative estimate of drug-likeness (QED) is 0.860. The molecule has 0 fully saturated rings. The zero-order valence-electron chi connectivity index (χ0n) is 17.0. The molecule has 0 saturated carbocycles. The van der Waals surface area contributed by atoms with Crippen molar-refractivity contribution < 1.29 is 14.3 Å². The van der Waals surface area contributed by atoms with E-state index in [9.17, 15) is 9.59 Å². The molecule has 28 heavy (non-hydrogen) atoms. The van der Waals surface area contributed by atoms with E-state index in [0.717, 1.165) is 35.4 Å². The molecule has 3 rings (SSSR count). The predicted molar refractivity (Wildman–Crippen MR) is 111 cm³/mol. The molecule has 2 aromatic rings. The van der Waals surface area contributed by atoms with Gasteiger partial charge in [0.25, 0.3) is 5.91 Å². The summed E-state index contributed by atoms with van der Waals surface area (Å²) in [5, 5.41) is 2.95. The minimum atomic E-state index is -0.582. The first-order chi connectivity index (χ1) is 13.4. The van der Waals surface area contributed by atoms with Gasteiger partial charge in [-0.25, -0.2) is 0 Å². The Labute approximate surface area is 166 Å². The number of anilines is 1. The molecule has 1 heterocycles. The van der Waals surface area contributed by atoms with Gasteiger partial charge >= 0.3 is 0 Å². The molecule has 5 heteroatoms. The molecule has 0 radical (unpaired) electrons. The lowest BCUT2D eigenvalue weighted by atomic mass is 9.97. The summed E-state index contributed by atoms with van der Waals surface area (Å²) in [7, 11) is 1.64. The SMILES string of the molecule is COc1ccc2c(c1)CCCN2C(=O)[C@@H](NC(=O)c1ccc(C)cc1)C(C)C. The Kier molecular flexibility index (Phi) is 6.02. The van der Waals surface area contributed by atoms with Crippen molar-refractivity contribution in [3.63, 3.8) is 0 Å². The average molecular weight is 380 g/mol. The van der Waals surface area contributed by atoms with Gasteiger partial charge in [0.2, 0.25) is 5.91 Å². The summed E-state index contributed by atoms with van der Waals surface area (Å²) in [4.78, 5) is 27.9. The lowest BCUT2D eigenvalue weighted by molar-refractivity contribution is -0.121. The maximum absolute atomic E-state index is 13.4. The van der Waals surface area contributed by atoms with Gasteiger partial charge in [-0.15, -0.1) is 0 Å². The van der Waals surface area contributed by atoms with Gasteiger partial charge in [-0.05, 0) is 61.6 Å². The van der Waals surface area contributed by atoms with Gasteiger partial charge < -0.3 is 15.0 Å². The van der Waals surface area contributed by atoms with Crippen molar-refractivity contribution >= 4 is 17.5 Å². The van der Waals surface area contributed by atoms with Gasteiger partial charge in [0.1, 0.15) is 11.8 Å². The van der Waals surface area contributed by atoms with Crippen molar-refractivity contribution in [3.05, 3.63) is 59.2 Å². The first kappa shape index (κ1) is 19.9. The summed E-state index contributed by atoms with van der Waals surface area (Å²) in [5.41, 5.74) is 3.67. The number of nitrogens with zero attached hydrogens (tertiary/aromatic N) is 1. The van der Waals surface area contributed by atoms with Crippen LogP contribution >= 0.6 is 0 Å². The van der Waals surface area contributed by atoms with Crippen LogP contribution in [-0.4, -0.2) is 31.5 Å². The predicted octanol–water partition coefficient (Wildman–Crippen LogP) is 3.74. The summed E-state index contributed by atoms with van der Waals surface area (Å²) in [6.45, 7) is 6.54. The van der Waals surface area contributed by atoms with E-state index in [0.29, 0.717) is 12.1 Å². The summed E-state index contributed by atoms with van der Waals surface area (Å²) in [5.74, 6) is 0.479. The topological polar surface area (TPSA) is 58.6 Å². The van der Waals surface area contributed by atoms with E-state index >= 15 is 0 Å². The monoisotopic (exact) mass is 380 g/mol. The number of methoxy groups -OCH3 is 1. The zero-order chi connectivity index (χ0) is 20.3. The number of benzene rings is 2. The number of rotatable bonds is 5. The Morgan fingerprint density at radius 2 is 1.82 bits per heavy atom. The second-order valence-electron chi connectivity index (χ2n) is 7.65. The van der Waals surface area contributed by atoms with Crippen molar-refractivity contribution in [3.8, 4) is 5.75 Å². The summed E-state index contributed by atoms with van der Waals surface area (Å²) >= 11 is 0. The Balaban J connectivity index is 1.82. The first-order valence-electron chi connectivity index (χ1n) is 9.76. The van der Waals surface area contributed by atoms with Crippen molar-refractivity contribution in [2.75, 3.05) is 18.6 Å². The summed E-state index contributed by atoms with van der Waals surface area (Å²) in [6, 6.07) is 12.6. The Morgan fingerprint density at radius 1 is 1.11 bits per heavy atom. The van der Waals surface area contributed by atoms with Crippen LogP contribution in [0.5, 0.6) is 5.75 Å². The number of ether oxygens (including phenoxy) is 1. The van der Waals surface area contributed by atoms with E-state index < -0.39 is 6.04 Å². The van der Waals surface area contributed by atoms with Gasteiger partial charge in [0.15, 0.2) is 0 Å². The highest BCUT2D eigenvalue weighted by molar-refractivity contribution is 6.03. The number of fused-ring (bicyclic) bond motifs is 1. The fourth-order valence-electron chi connectivity index (χ4n) is 3.54. The number of hydrogen-bond donors (Lipinski definition) is 1. The molecule has 1 aliphatic heterocycles. The van der Waals surface area contributed by atoms with E-state index in [-0.39, 0.29) is 17.7 Å². The second-order valence-corrected chi connectivity index (χ2v) is 7.65. The van der Waals surface area contributed by atoms with E-state index in [1.165, 1.54) is 0 Å². The van der Waals surface area contributed by atoms with Crippen LogP contribution in [-0.2, 0) is 11.2 Å². The molecule has 2 amide bonds. The molecule has 0 aliphatic carbocycles. The highest BCUT2D eigenvalue weighted by Gasteiger charge is 2.32. The fraction of sp³-hybridized carbons (Fsp3) is 0.391. The highest BCUT2D eigenvalue weighted by Crippen LogP contribution is 2.31. The zero-order valence-corrected chi connectivity index (χ0v) is 17.0. The summed E-state index contributed by atoms with van der Waals surface area (Å²) in [6.07, 6.45) is 1.81. The molecular weight excluding hydrogens is 352 g/mol. The third kappa shape index (κ3) is 4.19.